The minimum Gasteiger partial charge on any atom is -0.379 e. The number of morpholine rings is 1. The molecule has 24 heavy (non-hydrogen) atoms. The highest BCUT2D eigenvalue weighted by atomic mass is 16.5. The van der Waals surface area contributed by atoms with Crippen LogP contribution in [0.2, 0.25) is 0 Å². The number of ketones is 1. The van der Waals surface area contributed by atoms with Gasteiger partial charge in [-0.25, -0.2) is 0 Å². The van der Waals surface area contributed by atoms with Crippen molar-refractivity contribution in [3.63, 3.8) is 0 Å². The number of rotatable bonds is 6. The maximum Gasteiger partial charge on any atom is 0.237 e. The summed E-state index contributed by atoms with van der Waals surface area (Å²) in [7, 11) is 0. The van der Waals surface area contributed by atoms with Gasteiger partial charge in [0.25, 0.3) is 0 Å². The maximum absolute atomic E-state index is 12.5. The van der Waals surface area contributed by atoms with E-state index in [1.165, 1.54) is 0 Å². The average molecular weight is 330 g/mol. The quantitative estimate of drug-likeness (QED) is 0.723. The van der Waals surface area contributed by atoms with Crippen LogP contribution in [0.3, 0.4) is 0 Å². The van der Waals surface area contributed by atoms with Crippen LogP contribution in [0, 0.1) is 0 Å². The second-order valence-corrected chi connectivity index (χ2v) is 6.23. The Morgan fingerprint density at radius 2 is 1.83 bits per heavy atom. The molecule has 2 fully saturated rings. The van der Waals surface area contributed by atoms with Gasteiger partial charge in [0.2, 0.25) is 11.8 Å². The first-order chi connectivity index (χ1) is 11.6. The van der Waals surface area contributed by atoms with Gasteiger partial charge in [-0.05, 0) is 5.56 Å². The first kappa shape index (κ1) is 16.8. The molecule has 6 heteroatoms. The highest BCUT2D eigenvalue weighted by Gasteiger charge is 2.39. The number of ether oxygens (including phenoxy) is 1. The molecular formula is C18H22N2O4. The summed E-state index contributed by atoms with van der Waals surface area (Å²) < 4.78 is 5.27. The number of likely N-dealkylation sites (tertiary alicyclic amines) is 1. The molecule has 2 aliphatic rings. The number of imide groups is 1. The monoisotopic (exact) mass is 330 g/mol. The molecule has 2 aliphatic heterocycles. The first-order valence-corrected chi connectivity index (χ1v) is 8.36. The Labute approximate surface area is 141 Å². The van der Waals surface area contributed by atoms with E-state index < -0.39 is 5.92 Å². The highest BCUT2D eigenvalue weighted by molar-refractivity contribution is 6.08. The summed E-state index contributed by atoms with van der Waals surface area (Å²) in [5.41, 5.74) is 0.833. The molecule has 0 bridgehead atoms. The summed E-state index contributed by atoms with van der Waals surface area (Å²) >= 11 is 0. The van der Waals surface area contributed by atoms with Crippen molar-refractivity contribution in [1.29, 1.82) is 0 Å². The lowest BCUT2D eigenvalue weighted by molar-refractivity contribution is -0.142. The number of amides is 2. The van der Waals surface area contributed by atoms with Crippen molar-refractivity contribution in [2.75, 3.05) is 39.4 Å². The van der Waals surface area contributed by atoms with E-state index in [0.717, 1.165) is 23.6 Å². The molecule has 2 amide bonds. The van der Waals surface area contributed by atoms with Crippen molar-refractivity contribution in [2.24, 2.45) is 0 Å². The standard InChI is InChI=1S/C18H22N2O4/c21-15(6-7-19-8-10-24-11-9-19)13-20-17(22)12-16(18(20)23)14-4-2-1-3-5-14/h1-5,16H,6-13H2. The van der Waals surface area contributed by atoms with Gasteiger partial charge in [0.05, 0.1) is 25.7 Å². The zero-order chi connectivity index (χ0) is 16.9. The number of Topliss-reactive ketones (excluding diaryl/α,β-unsaturated/α-hetero) is 1. The lowest BCUT2D eigenvalue weighted by atomic mass is 9.98. The van der Waals surface area contributed by atoms with Gasteiger partial charge < -0.3 is 4.74 Å². The van der Waals surface area contributed by atoms with E-state index in [-0.39, 0.29) is 30.6 Å². The van der Waals surface area contributed by atoms with E-state index in [4.69, 9.17) is 4.74 Å². The Hall–Kier alpha value is -2.05. The zero-order valence-corrected chi connectivity index (χ0v) is 13.6. The van der Waals surface area contributed by atoms with Gasteiger partial charge in [-0.3, -0.25) is 24.2 Å². The van der Waals surface area contributed by atoms with Crippen LogP contribution < -0.4 is 0 Å². The summed E-state index contributed by atoms with van der Waals surface area (Å²) in [4.78, 5) is 40.1. The fraction of sp³-hybridized carbons (Fsp3) is 0.500. The maximum atomic E-state index is 12.5. The van der Waals surface area contributed by atoms with Gasteiger partial charge in [0.1, 0.15) is 0 Å². The number of hydrogen-bond acceptors (Lipinski definition) is 5. The van der Waals surface area contributed by atoms with Gasteiger partial charge in [-0.1, -0.05) is 30.3 Å². The van der Waals surface area contributed by atoms with Gasteiger partial charge in [-0.15, -0.1) is 0 Å². The van der Waals surface area contributed by atoms with Crippen molar-refractivity contribution in [1.82, 2.24) is 9.80 Å². The van der Waals surface area contributed by atoms with Gasteiger partial charge >= 0.3 is 0 Å². The van der Waals surface area contributed by atoms with Crippen LogP contribution in [-0.2, 0) is 19.1 Å². The number of hydrogen-bond donors (Lipinski definition) is 0. The normalized spacial score (nSPS) is 22.2. The summed E-state index contributed by atoms with van der Waals surface area (Å²) in [5, 5.41) is 0. The molecule has 3 rings (SSSR count). The predicted octanol–water partition coefficient (Wildman–Crippen LogP) is 0.820. The Balaban J connectivity index is 1.53. The van der Waals surface area contributed by atoms with Crippen molar-refractivity contribution in [3.05, 3.63) is 35.9 Å². The molecule has 1 unspecified atom stereocenters. The van der Waals surface area contributed by atoms with E-state index in [1.807, 2.05) is 30.3 Å². The van der Waals surface area contributed by atoms with E-state index in [2.05, 4.69) is 4.90 Å². The zero-order valence-electron chi connectivity index (χ0n) is 13.6. The lowest BCUT2D eigenvalue weighted by Gasteiger charge is -2.26. The van der Waals surface area contributed by atoms with Crippen LogP contribution in [0.15, 0.2) is 30.3 Å². The molecule has 0 aliphatic carbocycles. The molecule has 6 nitrogen and oxygen atoms in total. The minimum absolute atomic E-state index is 0.0723. The first-order valence-electron chi connectivity index (χ1n) is 8.36. The van der Waals surface area contributed by atoms with Crippen molar-refractivity contribution < 1.29 is 19.1 Å². The summed E-state index contributed by atoms with van der Waals surface area (Å²) in [5.74, 6) is -1.04. The summed E-state index contributed by atoms with van der Waals surface area (Å²) in [6, 6.07) is 9.27. The predicted molar refractivity (Wildman–Crippen MR) is 87.4 cm³/mol. The van der Waals surface area contributed by atoms with Crippen molar-refractivity contribution >= 4 is 17.6 Å². The number of carbonyl (C=O) groups excluding carboxylic acids is 3. The molecule has 2 saturated heterocycles. The van der Waals surface area contributed by atoms with Gasteiger partial charge in [-0.2, -0.15) is 0 Å². The van der Waals surface area contributed by atoms with Crippen molar-refractivity contribution in [3.8, 4) is 0 Å². The summed E-state index contributed by atoms with van der Waals surface area (Å²) in [6.07, 6.45) is 0.507. The largest absolute Gasteiger partial charge is 0.379 e. The smallest absolute Gasteiger partial charge is 0.237 e. The van der Waals surface area contributed by atoms with E-state index in [0.29, 0.717) is 26.2 Å². The van der Waals surface area contributed by atoms with Crippen LogP contribution in [0.1, 0.15) is 24.3 Å². The third kappa shape index (κ3) is 3.88. The molecule has 128 valence electrons. The number of nitrogens with zero attached hydrogens (tertiary/aromatic N) is 2. The van der Waals surface area contributed by atoms with E-state index >= 15 is 0 Å². The molecule has 0 aromatic heterocycles. The minimum atomic E-state index is -0.453. The second-order valence-electron chi connectivity index (χ2n) is 6.23. The SMILES string of the molecule is O=C(CCN1CCOCC1)CN1C(=O)CC(c2ccccc2)C1=O. The van der Waals surface area contributed by atoms with Crippen LogP contribution >= 0.6 is 0 Å². The van der Waals surface area contributed by atoms with Crippen LogP contribution in [0.25, 0.3) is 0 Å². The number of benzene rings is 1. The molecule has 0 N–H and O–H groups in total. The molecule has 0 spiro atoms. The Morgan fingerprint density at radius 1 is 1.12 bits per heavy atom. The topological polar surface area (TPSA) is 66.9 Å². The molecule has 1 atom stereocenters. The van der Waals surface area contributed by atoms with E-state index in [1.54, 1.807) is 0 Å². The third-order valence-electron chi connectivity index (χ3n) is 4.59. The lowest BCUT2D eigenvalue weighted by Crippen LogP contribution is -2.39. The second kappa shape index (κ2) is 7.68. The van der Waals surface area contributed by atoms with Crippen LogP contribution in [-0.4, -0.2) is 66.8 Å². The molecule has 0 saturated carbocycles. The Bertz CT molecular complexity index is 611. The van der Waals surface area contributed by atoms with Gasteiger partial charge in [0, 0.05) is 32.5 Å². The van der Waals surface area contributed by atoms with Crippen LogP contribution in [0.4, 0.5) is 0 Å². The molecule has 2 heterocycles. The average Bonchev–Trinajstić information content (AvgIpc) is 2.90. The molecule has 1 aromatic rings. The highest BCUT2D eigenvalue weighted by Crippen LogP contribution is 2.29. The molecular weight excluding hydrogens is 308 g/mol. The summed E-state index contributed by atoms with van der Waals surface area (Å²) in [6.45, 7) is 3.58. The van der Waals surface area contributed by atoms with Crippen LogP contribution in [0.5, 0.6) is 0 Å². The van der Waals surface area contributed by atoms with E-state index in [9.17, 15) is 14.4 Å². The molecule has 0 radical (unpaired) electrons. The van der Waals surface area contributed by atoms with Crippen molar-refractivity contribution in [2.45, 2.75) is 18.8 Å². The third-order valence-corrected chi connectivity index (χ3v) is 4.59. The Morgan fingerprint density at radius 3 is 2.54 bits per heavy atom. The fourth-order valence-electron chi connectivity index (χ4n) is 3.16. The fourth-order valence-corrected chi connectivity index (χ4v) is 3.16. The number of carbonyl (C=O) groups is 3. The molecule has 1 aromatic carbocycles. The van der Waals surface area contributed by atoms with Gasteiger partial charge in [0.15, 0.2) is 5.78 Å². The Kier molecular flexibility index (Phi) is 5.37.